The van der Waals surface area contributed by atoms with Crippen LogP contribution in [0.4, 0.5) is 0 Å². The highest BCUT2D eigenvalue weighted by Gasteiger charge is 2.34. The molecule has 2 aliphatic heterocycles. The Labute approximate surface area is 182 Å². The first-order valence-corrected chi connectivity index (χ1v) is 11.7. The highest BCUT2D eigenvalue weighted by molar-refractivity contribution is 5.94. The Morgan fingerprint density at radius 2 is 2.00 bits per heavy atom. The van der Waals surface area contributed by atoms with Gasteiger partial charge in [0.1, 0.15) is 5.82 Å². The molecule has 0 aromatic carbocycles. The molecule has 7 nitrogen and oxygen atoms in total. The van der Waals surface area contributed by atoms with Gasteiger partial charge in [0.2, 0.25) is 0 Å². The van der Waals surface area contributed by atoms with Gasteiger partial charge in [0.25, 0.3) is 11.5 Å². The topological polar surface area (TPSA) is 82.2 Å². The van der Waals surface area contributed by atoms with Crippen molar-refractivity contribution < 1.29 is 4.79 Å². The molecule has 0 bridgehead atoms. The highest BCUT2D eigenvalue weighted by atomic mass is 16.2. The molecule has 31 heavy (non-hydrogen) atoms. The van der Waals surface area contributed by atoms with Gasteiger partial charge in [0.05, 0.1) is 22.9 Å². The highest BCUT2D eigenvalue weighted by Crippen LogP contribution is 2.33. The number of hydrogen-bond acceptors (Lipinski definition) is 5. The zero-order chi connectivity index (χ0) is 21.4. The van der Waals surface area contributed by atoms with E-state index in [-0.39, 0.29) is 17.5 Å². The number of carbonyl (C=O) groups excluding carboxylic acids is 1. The molecule has 4 heterocycles. The predicted octanol–water partition coefficient (Wildman–Crippen LogP) is 3.08. The van der Waals surface area contributed by atoms with Crippen LogP contribution in [0.5, 0.6) is 0 Å². The Morgan fingerprint density at radius 1 is 1.16 bits per heavy atom. The molecule has 1 N–H and O–H groups in total. The van der Waals surface area contributed by atoms with Crippen LogP contribution in [0, 0.1) is 5.92 Å². The molecule has 7 heteroatoms. The standard InChI is InChI=1S/C24H31N5O2/c1-16-6-8-18(9-7-16)28-13-10-20-19(15-28)23(30)27-22(26-20)21-5-3-12-29(21)24(31)17-4-2-11-25-14-17/h2,4,11,14,16,18,21H,3,5-10,12-13,15H2,1H3,(H,26,27,30). The van der Waals surface area contributed by atoms with Gasteiger partial charge in [-0.2, -0.15) is 0 Å². The Kier molecular flexibility index (Phi) is 5.61. The Balaban J connectivity index is 1.36. The molecular weight excluding hydrogens is 390 g/mol. The summed E-state index contributed by atoms with van der Waals surface area (Å²) in [4.78, 5) is 42.4. The number of nitrogens with one attached hydrogen (secondary N) is 1. The van der Waals surface area contributed by atoms with E-state index in [1.165, 1.54) is 25.7 Å². The smallest absolute Gasteiger partial charge is 0.256 e. The van der Waals surface area contributed by atoms with Gasteiger partial charge >= 0.3 is 0 Å². The molecule has 1 amide bonds. The fourth-order valence-corrected chi connectivity index (χ4v) is 5.49. The average Bonchev–Trinajstić information content (AvgIpc) is 3.29. The minimum atomic E-state index is -0.177. The maximum atomic E-state index is 13.0. The number of aromatic nitrogens is 3. The molecule has 2 aromatic heterocycles. The molecular formula is C24H31N5O2. The fourth-order valence-electron chi connectivity index (χ4n) is 5.49. The molecule has 0 spiro atoms. The molecule has 2 fully saturated rings. The average molecular weight is 422 g/mol. The van der Waals surface area contributed by atoms with Gasteiger partial charge in [0, 0.05) is 44.5 Å². The van der Waals surface area contributed by atoms with E-state index in [1.54, 1.807) is 24.5 Å². The van der Waals surface area contributed by atoms with Crippen LogP contribution < -0.4 is 5.56 Å². The lowest BCUT2D eigenvalue weighted by Gasteiger charge is -2.38. The first-order chi connectivity index (χ1) is 15.1. The van der Waals surface area contributed by atoms with E-state index in [0.29, 0.717) is 30.5 Å². The molecule has 0 radical (unpaired) electrons. The van der Waals surface area contributed by atoms with Crippen molar-refractivity contribution in [2.45, 2.75) is 70.5 Å². The summed E-state index contributed by atoms with van der Waals surface area (Å²) in [5, 5.41) is 0. The monoisotopic (exact) mass is 421 g/mol. The number of fused-ring (bicyclic) bond motifs is 1. The molecule has 1 unspecified atom stereocenters. The first kappa shape index (κ1) is 20.4. The van der Waals surface area contributed by atoms with Crippen molar-refractivity contribution in [3.63, 3.8) is 0 Å². The zero-order valence-electron chi connectivity index (χ0n) is 18.2. The van der Waals surface area contributed by atoms with Crippen molar-refractivity contribution >= 4 is 5.91 Å². The van der Waals surface area contributed by atoms with Crippen molar-refractivity contribution in [1.29, 1.82) is 0 Å². The van der Waals surface area contributed by atoms with Gasteiger partial charge in [-0.05, 0) is 56.6 Å². The van der Waals surface area contributed by atoms with Gasteiger partial charge in [-0.3, -0.25) is 19.5 Å². The van der Waals surface area contributed by atoms with Crippen LogP contribution in [0.3, 0.4) is 0 Å². The van der Waals surface area contributed by atoms with E-state index in [2.05, 4.69) is 21.8 Å². The van der Waals surface area contributed by atoms with Crippen molar-refractivity contribution in [2.24, 2.45) is 5.92 Å². The Hall–Kier alpha value is -2.54. The van der Waals surface area contributed by atoms with Crippen LogP contribution in [-0.4, -0.2) is 49.8 Å². The third-order valence-corrected chi connectivity index (χ3v) is 7.36. The number of rotatable bonds is 3. The summed E-state index contributed by atoms with van der Waals surface area (Å²) in [6.07, 6.45) is 10.8. The molecule has 5 rings (SSSR count). The molecule has 1 aliphatic carbocycles. The molecule has 1 saturated carbocycles. The van der Waals surface area contributed by atoms with Crippen LogP contribution in [0.25, 0.3) is 0 Å². The van der Waals surface area contributed by atoms with Gasteiger partial charge in [0.15, 0.2) is 0 Å². The van der Waals surface area contributed by atoms with Crippen LogP contribution in [-0.2, 0) is 13.0 Å². The minimum absolute atomic E-state index is 0.0328. The second-order valence-corrected chi connectivity index (χ2v) is 9.41. The number of pyridine rings is 1. The van der Waals surface area contributed by atoms with E-state index in [9.17, 15) is 9.59 Å². The summed E-state index contributed by atoms with van der Waals surface area (Å²) in [5.74, 6) is 1.41. The number of hydrogen-bond donors (Lipinski definition) is 1. The lowest BCUT2D eigenvalue weighted by Crippen LogP contribution is -2.44. The summed E-state index contributed by atoms with van der Waals surface area (Å²) in [6.45, 7) is 4.67. The van der Waals surface area contributed by atoms with Crippen molar-refractivity contribution in [3.8, 4) is 0 Å². The molecule has 164 valence electrons. The van der Waals surface area contributed by atoms with E-state index in [1.807, 2.05) is 4.90 Å². The lowest BCUT2D eigenvalue weighted by atomic mass is 9.86. The van der Waals surface area contributed by atoms with Crippen molar-refractivity contribution in [2.75, 3.05) is 13.1 Å². The first-order valence-electron chi connectivity index (χ1n) is 11.7. The third-order valence-electron chi connectivity index (χ3n) is 7.36. The number of likely N-dealkylation sites (tertiary alicyclic amines) is 1. The van der Waals surface area contributed by atoms with Crippen LogP contribution >= 0.6 is 0 Å². The summed E-state index contributed by atoms with van der Waals surface area (Å²) in [5.41, 5.74) is 2.28. The van der Waals surface area contributed by atoms with Gasteiger partial charge in [-0.25, -0.2) is 4.98 Å². The largest absolute Gasteiger partial charge is 0.328 e. The summed E-state index contributed by atoms with van der Waals surface area (Å²) in [6, 6.07) is 3.97. The number of amides is 1. The molecule has 2 aromatic rings. The third kappa shape index (κ3) is 4.03. The zero-order valence-corrected chi connectivity index (χ0v) is 18.2. The molecule has 1 atom stereocenters. The number of H-pyrrole nitrogens is 1. The predicted molar refractivity (Wildman–Crippen MR) is 118 cm³/mol. The van der Waals surface area contributed by atoms with E-state index in [0.717, 1.165) is 43.0 Å². The number of aromatic amines is 1. The molecule has 3 aliphatic rings. The van der Waals surface area contributed by atoms with Crippen molar-refractivity contribution in [3.05, 3.63) is 57.5 Å². The summed E-state index contributed by atoms with van der Waals surface area (Å²) in [7, 11) is 0. The Morgan fingerprint density at radius 3 is 2.77 bits per heavy atom. The van der Waals surface area contributed by atoms with E-state index in [4.69, 9.17) is 4.98 Å². The second kappa shape index (κ2) is 8.54. The SMILES string of the molecule is CC1CCC(N2CCc3nc(C4CCCN4C(=O)c4cccnc4)[nH]c(=O)c3C2)CC1. The maximum Gasteiger partial charge on any atom is 0.256 e. The number of carbonyl (C=O) groups is 1. The summed E-state index contributed by atoms with van der Waals surface area (Å²) >= 11 is 0. The molecule has 1 saturated heterocycles. The van der Waals surface area contributed by atoms with Gasteiger partial charge in [-0.15, -0.1) is 0 Å². The normalized spacial score (nSPS) is 26.6. The minimum Gasteiger partial charge on any atom is -0.328 e. The summed E-state index contributed by atoms with van der Waals surface area (Å²) < 4.78 is 0. The second-order valence-electron chi connectivity index (χ2n) is 9.41. The van der Waals surface area contributed by atoms with Crippen LogP contribution in [0.2, 0.25) is 0 Å². The van der Waals surface area contributed by atoms with E-state index < -0.39 is 0 Å². The van der Waals surface area contributed by atoms with Crippen molar-refractivity contribution in [1.82, 2.24) is 24.8 Å². The van der Waals surface area contributed by atoms with E-state index >= 15 is 0 Å². The Bertz CT molecular complexity index is 997. The van der Waals surface area contributed by atoms with Crippen LogP contribution in [0.1, 0.15) is 78.9 Å². The fraction of sp³-hybridized carbons (Fsp3) is 0.583. The number of nitrogens with zero attached hydrogens (tertiary/aromatic N) is 4. The van der Waals surface area contributed by atoms with Gasteiger partial charge < -0.3 is 9.88 Å². The van der Waals surface area contributed by atoms with Gasteiger partial charge in [-0.1, -0.05) is 6.92 Å². The quantitative estimate of drug-likeness (QED) is 0.824. The van der Waals surface area contributed by atoms with Crippen LogP contribution in [0.15, 0.2) is 29.3 Å². The lowest BCUT2D eigenvalue weighted by molar-refractivity contribution is 0.0728. The maximum absolute atomic E-state index is 13.0.